The third-order valence-electron chi connectivity index (χ3n) is 2.61. The summed E-state index contributed by atoms with van der Waals surface area (Å²) in [6.07, 6.45) is 0. The highest BCUT2D eigenvalue weighted by atomic mass is 16.6. The monoisotopic (exact) mass is 273 g/mol. The maximum Gasteiger partial charge on any atom is 0.433 e. The zero-order valence-electron chi connectivity index (χ0n) is 10.6. The van der Waals surface area contributed by atoms with Crippen molar-refractivity contribution in [1.29, 1.82) is 5.26 Å². The molecule has 1 aromatic carbocycles. The summed E-state index contributed by atoms with van der Waals surface area (Å²) in [6, 6.07) is 9.80. The van der Waals surface area contributed by atoms with Gasteiger partial charge in [0.2, 0.25) is 0 Å². The molecule has 7 heteroatoms. The van der Waals surface area contributed by atoms with Gasteiger partial charge in [-0.15, -0.1) is 0 Å². The number of methoxy groups -OCH3 is 1. The van der Waals surface area contributed by atoms with Gasteiger partial charge in [-0.1, -0.05) is 0 Å². The number of nitriles is 1. The summed E-state index contributed by atoms with van der Waals surface area (Å²) in [7, 11) is 1.50. The molecule has 2 rings (SSSR count). The largest absolute Gasteiger partial charge is 0.495 e. The third kappa shape index (κ3) is 2.87. The molecule has 1 aromatic heterocycles. The van der Waals surface area contributed by atoms with Crippen molar-refractivity contribution in [1.82, 2.24) is 0 Å². The van der Waals surface area contributed by atoms with Crippen LogP contribution in [0, 0.1) is 21.4 Å². The van der Waals surface area contributed by atoms with E-state index in [1.807, 2.05) is 6.07 Å². The second-order valence-corrected chi connectivity index (χ2v) is 3.88. The van der Waals surface area contributed by atoms with E-state index >= 15 is 0 Å². The highest BCUT2D eigenvalue weighted by Crippen LogP contribution is 2.26. The molecule has 7 nitrogen and oxygen atoms in total. The first-order chi connectivity index (χ1) is 9.63. The first kappa shape index (κ1) is 13.4. The Morgan fingerprint density at radius 3 is 2.85 bits per heavy atom. The van der Waals surface area contributed by atoms with Gasteiger partial charge in [0, 0.05) is 6.07 Å². The summed E-state index contributed by atoms with van der Waals surface area (Å²) >= 11 is 0. The number of nitro groups is 1. The molecule has 1 N–H and O–H groups in total. The van der Waals surface area contributed by atoms with E-state index < -0.39 is 4.92 Å². The number of furan rings is 1. The Morgan fingerprint density at radius 2 is 2.25 bits per heavy atom. The highest BCUT2D eigenvalue weighted by Gasteiger charge is 2.12. The summed E-state index contributed by atoms with van der Waals surface area (Å²) < 4.78 is 10.2. The third-order valence-corrected chi connectivity index (χ3v) is 2.61. The van der Waals surface area contributed by atoms with Crippen molar-refractivity contribution < 1.29 is 14.1 Å². The molecule has 0 amide bonds. The van der Waals surface area contributed by atoms with E-state index in [1.165, 1.54) is 19.2 Å². The minimum atomic E-state index is -0.591. The molecule has 0 bridgehead atoms. The molecule has 0 unspecified atom stereocenters. The molecule has 0 saturated carbocycles. The zero-order chi connectivity index (χ0) is 14.5. The van der Waals surface area contributed by atoms with Gasteiger partial charge < -0.3 is 14.5 Å². The Morgan fingerprint density at radius 1 is 1.45 bits per heavy atom. The lowest BCUT2D eigenvalue weighted by Crippen LogP contribution is -2.00. The predicted molar refractivity (Wildman–Crippen MR) is 70.4 cm³/mol. The van der Waals surface area contributed by atoms with Crippen molar-refractivity contribution in [2.45, 2.75) is 6.54 Å². The van der Waals surface area contributed by atoms with E-state index in [9.17, 15) is 10.1 Å². The van der Waals surface area contributed by atoms with Gasteiger partial charge in [0.25, 0.3) is 0 Å². The van der Waals surface area contributed by atoms with E-state index in [0.717, 1.165) is 0 Å². The Bertz CT molecular complexity index is 672. The van der Waals surface area contributed by atoms with Gasteiger partial charge >= 0.3 is 5.88 Å². The summed E-state index contributed by atoms with van der Waals surface area (Å²) in [6.45, 7) is 0.274. The summed E-state index contributed by atoms with van der Waals surface area (Å²) in [5, 5.41) is 22.3. The first-order valence-corrected chi connectivity index (χ1v) is 5.69. The predicted octanol–water partition coefficient (Wildman–Crippen LogP) is 2.68. The lowest BCUT2D eigenvalue weighted by atomic mass is 10.2. The molecule has 2 aromatic rings. The van der Waals surface area contributed by atoms with Gasteiger partial charge in [-0.25, -0.2) is 0 Å². The number of benzene rings is 1. The van der Waals surface area contributed by atoms with Crippen molar-refractivity contribution in [2.75, 3.05) is 12.4 Å². The molecule has 0 atom stereocenters. The van der Waals surface area contributed by atoms with Crippen LogP contribution in [0.4, 0.5) is 11.6 Å². The van der Waals surface area contributed by atoms with Gasteiger partial charge in [-0.05, 0) is 18.2 Å². The average molecular weight is 273 g/mol. The number of hydrogen-bond donors (Lipinski definition) is 1. The van der Waals surface area contributed by atoms with Crippen molar-refractivity contribution >= 4 is 11.6 Å². The molecule has 0 aliphatic rings. The Labute approximate surface area is 114 Å². The van der Waals surface area contributed by atoms with Crippen molar-refractivity contribution in [3.63, 3.8) is 0 Å². The van der Waals surface area contributed by atoms with Crippen molar-refractivity contribution in [3.8, 4) is 11.8 Å². The smallest absolute Gasteiger partial charge is 0.433 e. The molecule has 102 valence electrons. The van der Waals surface area contributed by atoms with E-state index in [4.69, 9.17) is 14.4 Å². The normalized spacial score (nSPS) is 9.80. The first-order valence-electron chi connectivity index (χ1n) is 5.69. The Hall–Kier alpha value is -3.01. The van der Waals surface area contributed by atoms with E-state index in [0.29, 0.717) is 22.8 Å². The minimum absolute atomic E-state index is 0.274. The SMILES string of the molecule is COc1cc(C#N)ccc1NCc1ccc([N+](=O)[O-])o1. The van der Waals surface area contributed by atoms with Gasteiger partial charge in [0.1, 0.15) is 16.4 Å². The van der Waals surface area contributed by atoms with Crippen LogP contribution in [-0.4, -0.2) is 12.0 Å². The van der Waals surface area contributed by atoms with Crippen LogP contribution in [0.1, 0.15) is 11.3 Å². The molecule has 0 spiro atoms. The fourth-order valence-corrected chi connectivity index (χ4v) is 1.65. The molecule has 1 heterocycles. The standard InChI is InChI=1S/C13H11N3O4/c1-19-12-6-9(7-14)2-4-11(12)15-8-10-3-5-13(20-10)16(17)18/h2-6,15H,8H2,1H3. The quantitative estimate of drug-likeness (QED) is 0.663. The summed E-state index contributed by atoms with van der Waals surface area (Å²) in [5.74, 6) is 0.654. The van der Waals surface area contributed by atoms with Crippen LogP contribution in [0.3, 0.4) is 0 Å². The molecule has 0 aliphatic carbocycles. The van der Waals surface area contributed by atoms with Gasteiger partial charge in [-0.2, -0.15) is 5.26 Å². The number of nitrogens with one attached hydrogen (secondary N) is 1. The molecular weight excluding hydrogens is 262 g/mol. The number of nitrogens with zero attached hydrogens (tertiary/aromatic N) is 2. The van der Waals surface area contributed by atoms with Crippen molar-refractivity contribution in [3.05, 3.63) is 51.8 Å². The van der Waals surface area contributed by atoms with E-state index in [2.05, 4.69) is 5.32 Å². The number of hydrogen-bond acceptors (Lipinski definition) is 6. The molecular formula is C13H11N3O4. The van der Waals surface area contributed by atoms with Gasteiger partial charge in [0.15, 0.2) is 0 Å². The van der Waals surface area contributed by atoms with Crippen LogP contribution < -0.4 is 10.1 Å². The minimum Gasteiger partial charge on any atom is -0.495 e. The fraction of sp³-hybridized carbons (Fsp3) is 0.154. The van der Waals surface area contributed by atoms with Crippen LogP contribution >= 0.6 is 0 Å². The van der Waals surface area contributed by atoms with Gasteiger partial charge in [-0.3, -0.25) is 10.1 Å². The molecule has 0 aliphatic heterocycles. The average Bonchev–Trinajstić information content (AvgIpc) is 2.94. The Kier molecular flexibility index (Phi) is 3.86. The van der Waals surface area contributed by atoms with E-state index in [-0.39, 0.29) is 12.4 Å². The lowest BCUT2D eigenvalue weighted by Gasteiger charge is -2.10. The molecule has 20 heavy (non-hydrogen) atoms. The van der Waals surface area contributed by atoms with Crippen LogP contribution in [-0.2, 0) is 6.54 Å². The maximum atomic E-state index is 10.5. The van der Waals surface area contributed by atoms with Crippen molar-refractivity contribution in [2.24, 2.45) is 0 Å². The number of rotatable bonds is 5. The maximum absolute atomic E-state index is 10.5. The topological polar surface area (TPSA) is 101 Å². The summed E-state index contributed by atoms with van der Waals surface area (Å²) in [5.41, 5.74) is 1.16. The van der Waals surface area contributed by atoms with Crippen LogP contribution in [0.2, 0.25) is 0 Å². The molecule has 0 radical (unpaired) electrons. The zero-order valence-corrected chi connectivity index (χ0v) is 10.6. The fourth-order valence-electron chi connectivity index (χ4n) is 1.65. The lowest BCUT2D eigenvalue weighted by molar-refractivity contribution is -0.402. The van der Waals surface area contributed by atoms with Crippen LogP contribution in [0.25, 0.3) is 0 Å². The molecule has 0 saturated heterocycles. The van der Waals surface area contributed by atoms with Crippen LogP contribution in [0.15, 0.2) is 34.7 Å². The highest BCUT2D eigenvalue weighted by molar-refractivity contribution is 5.59. The second-order valence-electron chi connectivity index (χ2n) is 3.88. The van der Waals surface area contributed by atoms with Gasteiger partial charge in [0.05, 0.1) is 37.0 Å². The number of ether oxygens (including phenoxy) is 1. The summed E-state index contributed by atoms with van der Waals surface area (Å²) in [4.78, 5) is 9.91. The van der Waals surface area contributed by atoms with Crippen LogP contribution in [0.5, 0.6) is 5.75 Å². The molecule has 0 fully saturated rings. The number of anilines is 1. The second kappa shape index (κ2) is 5.75. The Balaban J connectivity index is 2.10. The van der Waals surface area contributed by atoms with E-state index in [1.54, 1.807) is 18.2 Å².